The fraction of sp³-hybridized carbons (Fsp3) is 0.222. The zero-order valence-corrected chi connectivity index (χ0v) is 14.9. The summed E-state index contributed by atoms with van der Waals surface area (Å²) in [6, 6.07) is 9.72. The molecule has 0 aliphatic heterocycles. The van der Waals surface area contributed by atoms with Gasteiger partial charge < -0.3 is 15.4 Å². The number of amides is 2. The molecule has 2 aromatic carbocycles. The first-order chi connectivity index (χ1) is 12.7. The molecule has 2 N–H and O–H groups in total. The van der Waals surface area contributed by atoms with E-state index in [0.29, 0.717) is 18.4 Å². The van der Waals surface area contributed by atoms with Gasteiger partial charge in [0.2, 0.25) is 0 Å². The van der Waals surface area contributed by atoms with Crippen LogP contribution in [-0.4, -0.2) is 18.4 Å². The SMILES string of the molecule is CCOc1ccc(CNC(=O)C(=O)Nc2ccc(Cl)c(C(F)(F)F)c2)cc1. The maximum absolute atomic E-state index is 12.8. The molecule has 2 rings (SSSR count). The van der Waals surface area contributed by atoms with E-state index in [-0.39, 0.29) is 12.2 Å². The van der Waals surface area contributed by atoms with E-state index in [9.17, 15) is 22.8 Å². The van der Waals surface area contributed by atoms with Crippen LogP contribution in [0.15, 0.2) is 42.5 Å². The molecule has 27 heavy (non-hydrogen) atoms. The standard InChI is InChI=1S/C18H16ClF3N2O3/c1-2-27-13-6-3-11(4-7-13)10-23-16(25)17(26)24-12-5-8-15(19)14(9-12)18(20,21)22/h3-9H,2,10H2,1H3,(H,23,25)(H,24,26). The summed E-state index contributed by atoms with van der Waals surface area (Å²) in [7, 11) is 0. The predicted octanol–water partition coefficient (Wildman–Crippen LogP) is 4.01. The molecule has 2 amide bonds. The largest absolute Gasteiger partial charge is 0.494 e. The van der Waals surface area contributed by atoms with E-state index in [1.54, 1.807) is 24.3 Å². The number of carbonyl (C=O) groups excluding carboxylic acids is 2. The van der Waals surface area contributed by atoms with Crippen LogP contribution < -0.4 is 15.4 Å². The summed E-state index contributed by atoms with van der Waals surface area (Å²) in [5.74, 6) is -1.39. The van der Waals surface area contributed by atoms with Gasteiger partial charge >= 0.3 is 18.0 Å². The number of anilines is 1. The lowest BCUT2D eigenvalue weighted by Crippen LogP contribution is -2.35. The van der Waals surface area contributed by atoms with Crippen LogP contribution in [0.25, 0.3) is 0 Å². The lowest BCUT2D eigenvalue weighted by Gasteiger charge is -2.12. The summed E-state index contributed by atoms with van der Waals surface area (Å²) in [6.45, 7) is 2.45. The van der Waals surface area contributed by atoms with Crippen molar-refractivity contribution in [2.24, 2.45) is 0 Å². The van der Waals surface area contributed by atoms with E-state index in [4.69, 9.17) is 16.3 Å². The van der Waals surface area contributed by atoms with Gasteiger partial charge in [-0.3, -0.25) is 9.59 Å². The van der Waals surface area contributed by atoms with E-state index in [2.05, 4.69) is 10.6 Å². The lowest BCUT2D eigenvalue weighted by molar-refractivity contribution is -0.137. The zero-order chi connectivity index (χ0) is 20.0. The van der Waals surface area contributed by atoms with E-state index < -0.39 is 28.6 Å². The Hall–Kier alpha value is -2.74. The lowest BCUT2D eigenvalue weighted by atomic mass is 10.2. The third kappa shape index (κ3) is 5.89. The summed E-state index contributed by atoms with van der Waals surface area (Å²) in [6.07, 6.45) is -4.67. The number of rotatable bonds is 5. The summed E-state index contributed by atoms with van der Waals surface area (Å²) < 4.78 is 43.8. The molecular weight excluding hydrogens is 385 g/mol. The molecule has 0 saturated carbocycles. The highest BCUT2D eigenvalue weighted by atomic mass is 35.5. The van der Waals surface area contributed by atoms with Crippen LogP contribution >= 0.6 is 11.6 Å². The molecule has 0 unspecified atom stereocenters. The maximum Gasteiger partial charge on any atom is 0.417 e. The molecule has 0 aromatic heterocycles. The topological polar surface area (TPSA) is 67.4 Å². The minimum Gasteiger partial charge on any atom is -0.494 e. The molecule has 0 bridgehead atoms. The van der Waals surface area contributed by atoms with E-state index in [0.717, 1.165) is 11.6 Å². The van der Waals surface area contributed by atoms with Crippen molar-refractivity contribution in [1.29, 1.82) is 0 Å². The monoisotopic (exact) mass is 400 g/mol. The number of halogens is 4. The molecule has 5 nitrogen and oxygen atoms in total. The van der Waals surface area contributed by atoms with Gasteiger partial charge in [0.05, 0.1) is 17.2 Å². The fourth-order valence-corrected chi connectivity index (χ4v) is 2.37. The van der Waals surface area contributed by atoms with Crippen LogP contribution in [-0.2, 0) is 22.3 Å². The van der Waals surface area contributed by atoms with Gasteiger partial charge in [-0.25, -0.2) is 0 Å². The fourth-order valence-electron chi connectivity index (χ4n) is 2.14. The van der Waals surface area contributed by atoms with Crippen LogP contribution in [0.1, 0.15) is 18.1 Å². The van der Waals surface area contributed by atoms with Gasteiger partial charge in [0, 0.05) is 12.2 Å². The number of hydrogen-bond donors (Lipinski definition) is 2. The van der Waals surface area contributed by atoms with Gasteiger partial charge in [-0.2, -0.15) is 13.2 Å². The molecule has 0 fully saturated rings. The Labute approximate surface area is 158 Å². The van der Waals surface area contributed by atoms with Crippen LogP contribution in [0.4, 0.5) is 18.9 Å². The first-order valence-electron chi connectivity index (χ1n) is 7.88. The van der Waals surface area contributed by atoms with Crippen molar-refractivity contribution in [1.82, 2.24) is 5.32 Å². The van der Waals surface area contributed by atoms with Gasteiger partial charge in [-0.15, -0.1) is 0 Å². The summed E-state index contributed by atoms with van der Waals surface area (Å²) >= 11 is 5.51. The Morgan fingerprint density at radius 3 is 2.33 bits per heavy atom. The van der Waals surface area contributed by atoms with E-state index in [1.165, 1.54) is 6.07 Å². The van der Waals surface area contributed by atoms with E-state index >= 15 is 0 Å². The maximum atomic E-state index is 12.8. The normalized spacial score (nSPS) is 11.0. The van der Waals surface area contributed by atoms with Gasteiger partial charge in [0.1, 0.15) is 5.75 Å². The Kier molecular flexibility index (Phi) is 6.68. The second-order valence-electron chi connectivity index (χ2n) is 5.41. The molecule has 0 aliphatic carbocycles. The Bertz CT molecular complexity index is 824. The molecular formula is C18H16ClF3N2O3. The third-order valence-electron chi connectivity index (χ3n) is 3.42. The Morgan fingerprint density at radius 1 is 1.07 bits per heavy atom. The van der Waals surface area contributed by atoms with E-state index in [1.807, 2.05) is 6.92 Å². The van der Waals surface area contributed by atoms with Crippen LogP contribution in [0, 0.1) is 0 Å². The Balaban J connectivity index is 1.95. The van der Waals surface area contributed by atoms with Crippen molar-refractivity contribution in [3.05, 3.63) is 58.6 Å². The zero-order valence-electron chi connectivity index (χ0n) is 14.2. The number of benzene rings is 2. The highest BCUT2D eigenvalue weighted by molar-refractivity contribution is 6.39. The van der Waals surface area contributed by atoms with Gasteiger partial charge in [-0.05, 0) is 42.8 Å². The third-order valence-corrected chi connectivity index (χ3v) is 3.75. The van der Waals surface area contributed by atoms with Crippen molar-refractivity contribution in [2.45, 2.75) is 19.6 Å². The second-order valence-corrected chi connectivity index (χ2v) is 5.81. The van der Waals surface area contributed by atoms with Crippen LogP contribution in [0.3, 0.4) is 0 Å². The molecule has 0 atom stereocenters. The predicted molar refractivity (Wildman–Crippen MR) is 94.5 cm³/mol. The average molecular weight is 401 g/mol. The second kappa shape index (κ2) is 8.77. The van der Waals surface area contributed by atoms with Crippen molar-refractivity contribution >= 4 is 29.1 Å². The minimum absolute atomic E-state index is 0.0765. The van der Waals surface area contributed by atoms with Crippen LogP contribution in [0.5, 0.6) is 5.75 Å². The molecule has 0 radical (unpaired) electrons. The first-order valence-corrected chi connectivity index (χ1v) is 8.26. The summed E-state index contributed by atoms with van der Waals surface area (Å²) in [5.41, 5.74) is -0.560. The molecule has 0 aliphatic rings. The van der Waals surface area contributed by atoms with Crippen LogP contribution in [0.2, 0.25) is 5.02 Å². The molecule has 144 valence electrons. The van der Waals surface area contributed by atoms with Crippen molar-refractivity contribution < 1.29 is 27.5 Å². The number of nitrogens with one attached hydrogen (secondary N) is 2. The number of alkyl halides is 3. The van der Waals surface area contributed by atoms with Crippen molar-refractivity contribution in [3.63, 3.8) is 0 Å². The summed E-state index contributed by atoms with van der Waals surface area (Å²) in [4.78, 5) is 23.7. The summed E-state index contributed by atoms with van der Waals surface area (Å²) in [5, 5.41) is 4.00. The van der Waals surface area contributed by atoms with Crippen molar-refractivity contribution in [3.8, 4) is 5.75 Å². The first kappa shape index (κ1) is 20.6. The van der Waals surface area contributed by atoms with Gasteiger partial charge in [0.25, 0.3) is 0 Å². The minimum atomic E-state index is -4.67. The quantitative estimate of drug-likeness (QED) is 0.745. The molecule has 0 heterocycles. The smallest absolute Gasteiger partial charge is 0.417 e. The molecule has 0 saturated heterocycles. The van der Waals surface area contributed by atoms with Gasteiger partial charge in [-0.1, -0.05) is 23.7 Å². The number of hydrogen-bond acceptors (Lipinski definition) is 3. The molecule has 0 spiro atoms. The number of ether oxygens (including phenoxy) is 1. The molecule has 2 aromatic rings. The molecule has 9 heteroatoms. The average Bonchev–Trinajstić information content (AvgIpc) is 2.61. The van der Waals surface area contributed by atoms with Crippen molar-refractivity contribution in [2.75, 3.05) is 11.9 Å². The Morgan fingerprint density at radius 2 is 1.74 bits per heavy atom. The highest BCUT2D eigenvalue weighted by Gasteiger charge is 2.33. The van der Waals surface area contributed by atoms with Gasteiger partial charge in [0.15, 0.2) is 0 Å². The number of carbonyl (C=O) groups is 2. The highest BCUT2D eigenvalue weighted by Crippen LogP contribution is 2.36.